The molecule has 1 heterocycles. The number of benzene rings is 1. The molecule has 7 nitrogen and oxygen atoms in total. The van der Waals surface area contributed by atoms with Crippen LogP contribution in [-0.4, -0.2) is 32.6 Å². The number of imidazole rings is 1. The van der Waals surface area contributed by atoms with Crippen molar-refractivity contribution in [2.45, 2.75) is 12.5 Å². The quantitative estimate of drug-likeness (QED) is 0.734. The summed E-state index contributed by atoms with van der Waals surface area (Å²) in [4.78, 5) is 26.3. The Hall–Kier alpha value is -2.41. The van der Waals surface area contributed by atoms with Crippen LogP contribution in [0.2, 0.25) is 0 Å². The molecule has 2 rings (SSSR count). The summed E-state index contributed by atoms with van der Waals surface area (Å²) in [5.41, 5.74) is 7.55. The van der Waals surface area contributed by atoms with Crippen LogP contribution in [0.5, 0.6) is 0 Å². The lowest BCUT2D eigenvalue weighted by Crippen LogP contribution is -2.34. The second-order valence-electron chi connectivity index (χ2n) is 4.26. The predicted octanol–water partition coefficient (Wildman–Crippen LogP) is 0.314. The minimum absolute atomic E-state index is 0.268. The Balaban J connectivity index is 2.08. The van der Waals surface area contributed by atoms with Crippen LogP contribution in [0.1, 0.15) is 6.42 Å². The van der Waals surface area contributed by atoms with E-state index >= 15 is 0 Å². The van der Waals surface area contributed by atoms with Crippen molar-refractivity contribution in [3.63, 3.8) is 0 Å². The summed E-state index contributed by atoms with van der Waals surface area (Å²) >= 11 is 0. The van der Waals surface area contributed by atoms with Crippen molar-refractivity contribution in [3.8, 4) is 0 Å². The molecule has 1 aromatic carbocycles. The van der Waals surface area contributed by atoms with Crippen LogP contribution in [0, 0.1) is 0 Å². The highest BCUT2D eigenvalue weighted by atomic mass is 16.4. The highest BCUT2D eigenvalue weighted by Gasteiger charge is 2.16. The lowest BCUT2D eigenvalue weighted by Gasteiger charge is -2.08. The zero-order valence-corrected chi connectivity index (χ0v) is 10.3. The molecule has 0 saturated carbocycles. The molecule has 0 aliphatic carbocycles. The summed E-state index contributed by atoms with van der Waals surface area (Å²) in [5, 5.41) is 11.2. The number of aryl methyl sites for hydroxylation is 1. The van der Waals surface area contributed by atoms with Gasteiger partial charge in [0.05, 0.1) is 23.8 Å². The Morgan fingerprint density at radius 3 is 2.95 bits per heavy atom. The number of amides is 1. The Kier molecular flexibility index (Phi) is 3.48. The van der Waals surface area contributed by atoms with E-state index in [1.807, 2.05) is 17.7 Å². The molecule has 1 atom stereocenters. The van der Waals surface area contributed by atoms with E-state index in [0.717, 1.165) is 11.0 Å². The van der Waals surface area contributed by atoms with Gasteiger partial charge in [-0.1, -0.05) is 0 Å². The summed E-state index contributed by atoms with van der Waals surface area (Å²) in [5.74, 6) is -1.64. The molecule has 1 amide bonds. The number of carbonyl (C=O) groups is 2. The minimum atomic E-state index is -1.20. The largest absolute Gasteiger partial charge is 0.480 e. The molecule has 0 radical (unpaired) electrons. The van der Waals surface area contributed by atoms with Crippen molar-refractivity contribution in [2.24, 2.45) is 12.8 Å². The van der Waals surface area contributed by atoms with E-state index in [1.165, 1.54) is 0 Å². The third kappa shape index (κ3) is 2.89. The number of fused-ring (bicyclic) bond motifs is 1. The average molecular weight is 262 g/mol. The normalized spacial score (nSPS) is 12.3. The Labute approximate surface area is 109 Å². The molecule has 1 aromatic heterocycles. The lowest BCUT2D eigenvalue weighted by atomic mass is 10.2. The average Bonchev–Trinajstić information content (AvgIpc) is 2.70. The summed E-state index contributed by atoms with van der Waals surface area (Å²) in [6, 6.07) is 4.08. The van der Waals surface area contributed by atoms with Crippen LogP contribution in [0.4, 0.5) is 5.69 Å². The first-order valence-electron chi connectivity index (χ1n) is 5.66. The highest BCUT2D eigenvalue weighted by Crippen LogP contribution is 2.17. The van der Waals surface area contributed by atoms with E-state index in [4.69, 9.17) is 10.8 Å². The van der Waals surface area contributed by atoms with E-state index in [9.17, 15) is 9.59 Å². The van der Waals surface area contributed by atoms with E-state index in [-0.39, 0.29) is 6.42 Å². The molecule has 0 saturated heterocycles. The van der Waals surface area contributed by atoms with Gasteiger partial charge in [-0.05, 0) is 18.2 Å². The van der Waals surface area contributed by atoms with Gasteiger partial charge in [0, 0.05) is 12.7 Å². The molecule has 0 fully saturated rings. The Morgan fingerprint density at radius 2 is 2.26 bits per heavy atom. The first-order chi connectivity index (χ1) is 8.97. The number of hydrogen-bond acceptors (Lipinski definition) is 4. The Morgan fingerprint density at radius 1 is 1.53 bits per heavy atom. The van der Waals surface area contributed by atoms with Crippen molar-refractivity contribution < 1.29 is 14.7 Å². The molecule has 4 N–H and O–H groups in total. The van der Waals surface area contributed by atoms with Gasteiger partial charge in [-0.25, -0.2) is 4.98 Å². The summed E-state index contributed by atoms with van der Waals surface area (Å²) in [7, 11) is 1.87. The molecule has 0 spiro atoms. The fourth-order valence-corrected chi connectivity index (χ4v) is 1.71. The number of nitrogens with one attached hydrogen (secondary N) is 1. The fraction of sp³-hybridized carbons (Fsp3) is 0.250. The van der Waals surface area contributed by atoms with Gasteiger partial charge in [-0.15, -0.1) is 0 Å². The van der Waals surface area contributed by atoms with Crippen LogP contribution in [0.15, 0.2) is 24.5 Å². The van der Waals surface area contributed by atoms with Crippen molar-refractivity contribution in [1.82, 2.24) is 9.55 Å². The second kappa shape index (κ2) is 5.07. The molecule has 1 unspecified atom stereocenters. The number of anilines is 1. The van der Waals surface area contributed by atoms with Crippen molar-refractivity contribution in [2.75, 3.05) is 5.32 Å². The number of nitrogens with two attached hydrogens (primary N) is 1. The number of rotatable bonds is 4. The lowest BCUT2D eigenvalue weighted by molar-refractivity contribution is -0.140. The monoisotopic (exact) mass is 262 g/mol. The zero-order chi connectivity index (χ0) is 14.0. The number of carbonyl (C=O) groups excluding carboxylic acids is 1. The van der Waals surface area contributed by atoms with Crippen LogP contribution >= 0.6 is 0 Å². The summed E-state index contributed by atoms with van der Waals surface area (Å²) < 4.78 is 1.86. The van der Waals surface area contributed by atoms with Gasteiger partial charge in [-0.3, -0.25) is 9.59 Å². The van der Waals surface area contributed by atoms with Crippen molar-refractivity contribution >= 4 is 28.6 Å². The van der Waals surface area contributed by atoms with Gasteiger partial charge in [0.15, 0.2) is 0 Å². The van der Waals surface area contributed by atoms with Gasteiger partial charge >= 0.3 is 5.97 Å². The second-order valence-corrected chi connectivity index (χ2v) is 4.26. The molecule has 2 aromatic rings. The van der Waals surface area contributed by atoms with Gasteiger partial charge in [0.25, 0.3) is 0 Å². The van der Waals surface area contributed by atoms with Crippen molar-refractivity contribution in [1.29, 1.82) is 0 Å². The predicted molar refractivity (Wildman–Crippen MR) is 69.6 cm³/mol. The van der Waals surface area contributed by atoms with Gasteiger partial charge < -0.3 is 20.7 Å². The molecule has 100 valence electrons. The van der Waals surface area contributed by atoms with E-state index in [0.29, 0.717) is 5.69 Å². The van der Waals surface area contributed by atoms with Crippen LogP contribution in [-0.2, 0) is 16.6 Å². The third-order valence-electron chi connectivity index (χ3n) is 2.73. The highest BCUT2D eigenvalue weighted by molar-refractivity contribution is 5.95. The number of nitrogens with zero attached hydrogens (tertiary/aromatic N) is 2. The summed E-state index contributed by atoms with van der Waals surface area (Å²) in [6.07, 6.45) is 1.41. The molecule has 0 bridgehead atoms. The first-order valence-corrected chi connectivity index (χ1v) is 5.66. The maximum atomic E-state index is 11.6. The van der Waals surface area contributed by atoms with Crippen LogP contribution in [0.3, 0.4) is 0 Å². The van der Waals surface area contributed by atoms with Gasteiger partial charge in [0.2, 0.25) is 5.91 Å². The number of aliphatic carboxylic acids is 1. The fourth-order valence-electron chi connectivity index (χ4n) is 1.71. The standard InChI is InChI=1S/C12H14N4O3/c1-16-6-14-9-4-7(2-3-10(9)16)15-11(17)5-8(13)12(18)19/h2-4,6,8H,5,13H2,1H3,(H,15,17)(H,18,19). The molecule has 0 aliphatic heterocycles. The maximum absolute atomic E-state index is 11.6. The molecule has 7 heteroatoms. The van der Waals surface area contributed by atoms with E-state index in [2.05, 4.69) is 10.3 Å². The molecular weight excluding hydrogens is 248 g/mol. The van der Waals surface area contributed by atoms with Crippen LogP contribution < -0.4 is 11.1 Å². The molecular formula is C12H14N4O3. The smallest absolute Gasteiger partial charge is 0.321 e. The molecule has 0 aliphatic rings. The van der Waals surface area contributed by atoms with Gasteiger partial charge in [-0.2, -0.15) is 0 Å². The minimum Gasteiger partial charge on any atom is -0.480 e. The maximum Gasteiger partial charge on any atom is 0.321 e. The van der Waals surface area contributed by atoms with Crippen LogP contribution in [0.25, 0.3) is 11.0 Å². The van der Waals surface area contributed by atoms with E-state index < -0.39 is 17.9 Å². The topological polar surface area (TPSA) is 110 Å². The first kappa shape index (κ1) is 13.0. The summed E-state index contributed by atoms with van der Waals surface area (Å²) in [6.45, 7) is 0. The Bertz CT molecular complexity index is 635. The number of carboxylic acids is 1. The van der Waals surface area contributed by atoms with Gasteiger partial charge in [0.1, 0.15) is 6.04 Å². The number of aromatic nitrogens is 2. The number of carboxylic acid groups (broad SMARTS) is 1. The molecule has 19 heavy (non-hydrogen) atoms. The van der Waals surface area contributed by atoms with Crippen molar-refractivity contribution in [3.05, 3.63) is 24.5 Å². The number of hydrogen-bond donors (Lipinski definition) is 3. The SMILES string of the molecule is Cn1cnc2cc(NC(=O)CC(N)C(=O)O)ccc21. The zero-order valence-electron chi connectivity index (χ0n) is 10.3. The van der Waals surface area contributed by atoms with E-state index in [1.54, 1.807) is 18.5 Å². The third-order valence-corrected chi connectivity index (χ3v) is 2.73.